The van der Waals surface area contributed by atoms with Crippen LogP contribution in [-0.4, -0.2) is 5.11 Å². The Balaban J connectivity index is 2.66. The molecular weight excluding hydrogens is 201 g/mol. The third-order valence-electron chi connectivity index (χ3n) is 1.93. The lowest BCUT2D eigenvalue weighted by atomic mass is 10.2. The summed E-state index contributed by atoms with van der Waals surface area (Å²) in [5, 5.41) is 18.4. The standard InChI is InChI=1S/C10H6FNOS/c11-8-1-2-9-7(10(8)13)5-6(14-9)3-4-12/h1-2,5,13H,3H2. The fourth-order valence-corrected chi connectivity index (χ4v) is 2.29. The van der Waals surface area contributed by atoms with E-state index in [1.165, 1.54) is 17.4 Å². The van der Waals surface area contributed by atoms with Gasteiger partial charge < -0.3 is 5.11 Å². The summed E-state index contributed by atoms with van der Waals surface area (Å²) >= 11 is 1.40. The maximum Gasteiger partial charge on any atom is 0.165 e. The van der Waals surface area contributed by atoms with Crippen LogP contribution >= 0.6 is 11.3 Å². The van der Waals surface area contributed by atoms with Gasteiger partial charge in [0.25, 0.3) is 0 Å². The van der Waals surface area contributed by atoms with E-state index in [9.17, 15) is 9.50 Å². The van der Waals surface area contributed by atoms with Crippen LogP contribution in [0.4, 0.5) is 4.39 Å². The number of hydrogen-bond donors (Lipinski definition) is 1. The van der Waals surface area contributed by atoms with Crippen molar-refractivity contribution in [1.82, 2.24) is 0 Å². The van der Waals surface area contributed by atoms with Crippen LogP contribution in [0, 0.1) is 17.1 Å². The lowest BCUT2D eigenvalue weighted by Gasteiger charge is -1.94. The Morgan fingerprint density at radius 2 is 2.29 bits per heavy atom. The zero-order chi connectivity index (χ0) is 10.1. The van der Waals surface area contributed by atoms with Crippen LogP contribution in [0.15, 0.2) is 18.2 Å². The normalized spacial score (nSPS) is 10.3. The van der Waals surface area contributed by atoms with Crippen molar-refractivity contribution >= 4 is 21.4 Å². The highest BCUT2D eigenvalue weighted by Gasteiger charge is 2.09. The lowest BCUT2D eigenvalue weighted by molar-refractivity contribution is 0.439. The summed E-state index contributed by atoms with van der Waals surface area (Å²) in [5.74, 6) is -0.957. The lowest BCUT2D eigenvalue weighted by Crippen LogP contribution is -1.74. The molecule has 1 N–H and O–H groups in total. The van der Waals surface area contributed by atoms with E-state index in [1.807, 2.05) is 6.07 Å². The molecule has 0 radical (unpaired) electrons. The number of halogens is 1. The predicted molar refractivity (Wildman–Crippen MR) is 52.8 cm³/mol. The first kappa shape index (κ1) is 8.97. The van der Waals surface area contributed by atoms with Crippen LogP contribution in [0.3, 0.4) is 0 Å². The average molecular weight is 207 g/mol. The number of hydrogen-bond acceptors (Lipinski definition) is 3. The zero-order valence-corrected chi connectivity index (χ0v) is 7.94. The van der Waals surface area contributed by atoms with Gasteiger partial charge in [0.15, 0.2) is 11.6 Å². The second-order valence-corrected chi connectivity index (χ2v) is 4.02. The number of rotatable bonds is 1. The van der Waals surface area contributed by atoms with Gasteiger partial charge >= 0.3 is 0 Å². The van der Waals surface area contributed by atoms with E-state index in [0.29, 0.717) is 11.8 Å². The molecule has 0 fully saturated rings. The maximum atomic E-state index is 12.9. The summed E-state index contributed by atoms with van der Waals surface area (Å²) in [6, 6.07) is 6.50. The van der Waals surface area contributed by atoms with Crippen LogP contribution in [0.5, 0.6) is 5.75 Å². The Labute approximate surface area is 83.8 Å². The number of nitriles is 1. The van der Waals surface area contributed by atoms with Gasteiger partial charge in [0.05, 0.1) is 12.5 Å². The number of aromatic hydroxyl groups is 1. The minimum absolute atomic E-state index is 0.292. The van der Waals surface area contributed by atoms with Gasteiger partial charge in [-0.3, -0.25) is 0 Å². The molecule has 0 aliphatic carbocycles. The van der Waals surface area contributed by atoms with Crippen molar-refractivity contribution in [3.8, 4) is 11.8 Å². The molecule has 2 aromatic rings. The Morgan fingerprint density at radius 1 is 1.50 bits per heavy atom. The molecule has 0 atom stereocenters. The topological polar surface area (TPSA) is 44.0 Å². The quantitative estimate of drug-likeness (QED) is 0.781. The second-order valence-electron chi connectivity index (χ2n) is 2.86. The van der Waals surface area contributed by atoms with E-state index in [1.54, 1.807) is 12.1 Å². The molecule has 1 heterocycles. The fourth-order valence-electron chi connectivity index (χ4n) is 1.29. The fraction of sp³-hybridized carbons (Fsp3) is 0.100. The molecule has 0 aliphatic rings. The molecule has 0 saturated carbocycles. The molecule has 2 rings (SSSR count). The van der Waals surface area contributed by atoms with E-state index >= 15 is 0 Å². The Bertz CT molecular complexity index is 527. The van der Waals surface area contributed by atoms with Crippen LogP contribution < -0.4 is 0 Å². The van der Waals surface area contributed by atoms with Gasteiger partial charge in [-0.25, -0.2) is 4.39 Å². The molecule has 0 unspecified atom stereocenters. The van der Waals surface area contributed by atoms with Crippen LogP contribution in [0.2, 0.25) is 0 Å². The van der Waals surface area contributed by atoms with Gasteiger partial charge in [-0.2, -0.15) is 5.26 Å². The van der Waals surface area contributed by atoms with Crippen LogP contribution in [0.1, 0.15) is 4.88 Å². The first-order valence-corrected chi connectivity index (χ1v) is 4.81. The number of thiophene rings is 1. The molecule has 70 valence electrons. The number of benzene rings is 1. The third-order valence-corrected chi connectivity index (χ3v) is 3.03. The molecule has 4 heteroatoms. The Hall–Kier alpha value is -1.60. The van der Waals surface area contributed by atoms with Gasteiger partial charge in [0.1, 0.15) is 0 Å². The van der Waals surface area contributed by atoms with Crippen LogP contribution in [-0.2, 0) is 6.42 Å². The van der Waals surface area contributed by atoms with E-state index in [2.05, 4.69) is 0 Å². The summed E-state index contributed by atoms with van der Waals surface area (Å²) in [6.07, 6.45) is 0.292. The van der Waals surface area contributed by atoms with E-state index < -0.39 is 5.82 Å². The Kier molecular flexibility index (Phi) is 2.10. The number of nitrogens with zero attached hydrogens (tertiary/aromatic N) is 1. The second kappa shape index (κ2) is 3.28. The van der Waals surface area contributed by atoms with E-state index in [0.717, 1.165) is 9.58 Å². The average Bonchev–Trinajstić information content (AvgIpc) is 2.56. The van der Waals surface area contributed by atoms with Crippen molar-refractivity contribution in [2.45, 2.75) is 6.42 Å². The molecule has 0 amide bonds. The van der Waals surface area contributed by atoms with Crippen molar-refractivity contribution in [2.75, 3.05) is 0 Å². The third kappa shape index (κ3) is 1.32. The van der Waals surface area contributed by atoms with Crippen molar-refractivity contribution in [3.63, 3.8) is 0 Å². The maximum absolute atomic E-state index is 12.9. The monoisotopic (exact) mass is 207 g/mol. The minimum atomic E-state index is -0.626. The molecule has 0 bridgehead atoms. The number of phenolic OH excluding ortho intramolecular Hbond substituents is 1. The van der Waals surface area contributed by atoms with Crippen molar-refractivity contribution < 1.29 is 9.50 Å². The van der Waals surface area contributed by atoms with Gasteiger partial charge in [-0.1, -0.05) is 0 Å². The molecule has 0 saturated heterocycles. The molecule has 0 spiro atoms. The molecule has 2 nitrogen and oxygen atoms in total. The molecular formula is C10H6FNOS. The highest BCUT2D eigenvalue weighted by molar-refractivity contribution is 7.19. The first-order valence-electron chi connectivity index (χ1n) is 3.99. The smallest absolute Gasteiger partial charge is 0.165 e. The van der Waals surface area contributed by atoms with Crippen molar-refractivity contribution in [1.29, 1.82) is 5.26 Å². The van der Waals surface area contributed by atoms with Gasteiger partial charge in [0.2, 0.25) is 0 Å². The Morgan fingerprint density at radius 3 is 3.00 bits per heavy atom. The van der Waals surface area contributed by atoms with Crippen LogP contribution in [0.25, 0.3) is 10.1 Å². The summed E-state index contributed by atoms with van der Waals surface area (Å²) in [6.45, 7) is 0. The van der Waals surface area contributed by atoms with E-state index in [-0.39, 0.29) is 5.75 Å². The highest BCUT2D eigenvalue weighted by Crippen LogP contribution is 2.33. The van der Waals surface area contributed by atoms with Gasteiger partial charge in [-0.05, 0) is 18.2 Å². The molecule has 1 aromatic carbocycles. The van der Waals surface area contributed by atoms with E-state index in [4.69, 9.17) is 5.26 Å². The molecule has 1 aromatic heterocycles. The largest absolute Gasteiger partial charge is 0.504 e. The highest BCUT2D eigenvalue weighted by atomic mass is 32.1. The molecule has 0 aliphatic heterocycles. The number of fused-ring (bicyclic) bond motifs is 1. The summed E-state index contributed by atoms with van der Waals surface area (Å²) in [5.41, 5.74) is 0. The predicted octanol–water partition coefficient (Wildman–Crippen LogP) is 2.81. The van der Waals surface area contributed by atoms with Gasteiger partial charge in [-0.15, -0.1) is 11.3 Å². The SMILES string of the molecule is N#CCc1cc2c(O)c(F)ccc2s1. The summed E-state index contributed by atoms with van der Waals surface area (Å²) < 4.78 is 13.7. The first-order chi connectivity index (χ1) is 6.72. The number of phenols is 1. The summed E-state index contributed by atoms with van der Waals surface area (Å²) in [7, 11) is 0. The minimum Gasteiger partial charge on any atom is -0.504 e. The summed E-state index contributed by atoms with van der Waals surface area (Å²) in [4.78, 5) is 0.836. The van der Waals surface area contributed by atoms with Crippen molar-refractivity contribution in [3.05, 3.63) is 28.9 Å². The molecule has 14 heavy (non-hydrogen) atoms. The zero-order valence-electron chi connectivity index (χ0n) is 7.12. The van der Waals surface area contributed by atoms with Gasteiger partial charge in [0, 0.05) is 15.0 Å². The van der Waals surface area contributed by atoms with Crippen molar-refractivity contribution in [2.24, 2.45) is 0 Å².